The van der Waals surface area contributed by atoms with Crippen LogP contribution in [-0.2, 0) is 16.6 Å². The first kappa shape index (κ1) is 12.9. The van der Waals surface area contributed by atoms with Crippen LogP contribution in [0, 0.1) is 0 Å². The normalized spacial score (nSPS) is 11.9. The molecule has 0 spiro atoms. The van der Waals surface area contributed by atoms with Crippen LogP contribution in [0.25, 0.3) is 0 Å². The highest BCUT2D eigenvalue weighted by Crippen LogP contribution is 2.21. The lowest BCUT2D eigenvalue weighted by Gasteiger charge is -2.03. The number of hydrogen-bond donors (Lipinski definition) is 2. The Morgan fingerprint density at radius 2 is 2.20 bits per heavy atom. The SMILES string of the molecule is O=S(=O)(CCCO)NCc1ccc(Cl)s1. The minimum absolute atomic E-state index is 0.0530. The van der Waals surface area contributed by atoms with Crippen molar-refractivity contribution < 1.29 is 13.5 Å². The number of halogens is 1. The van der Waals surface area contributed by atoms with Gasteiger partial charge in [-0.15, -0.1) is 11.3 Å². The van der Waals surface area contributed by atoms with E-state index < -0.39 is 10.0 Å². The van der Waals surface area contributed by atoms with Crippen molar-refractivity contribution in [3.63, 3.8) is 0 Å². The Labute approximate surface area is 97.9 Å². The van der Waals surface area contributed by atoms with Gasteiger partial charge in [0, 0.05) is 18.0 Å². The zero-order chi connectivity index (χ0) is 11.3. The lowest BCUT2D eigenvalue weighted by Crippen LogP contribution is -2.25. The maximum Gasteiger partial charge on any atom is 0.212 e. The summed E-state index contributed by atoms with van der Waals surface area (Å²) in [5.74, 6) is -0.0530. The number of sulfonamides is 1. The smallest absolute Gasteiger partial charge is 0.212 e. The average Bonchev–Trinajstić information content (AvgIpc) is 2.59. The van der Waals surface area contributed by atoms with Gasteiger partial charge in [0.15, 0.2) is 0 Å². The molecule has 0 bridgehead atoms. The van der Waals surface area contributed by atoms with Gasteiger partial charge in [-0.05, 0) is 18.6 Å². The molecule has 1 aromatic rings. The van der Waals surface area contributed by atoms with Gasteiger partial charge in [0.05, 0.1) is 10.1 Å². The van der Waals surface area contributed by atoms with Crippen molar-refractivity contribution in [2.24, 2.45) is 0 Å². The second kappa shape index (κ2) is 5.81. The van der Waals surface area contributed by atoms with Crippen molar-refractivity contribution in [2.75, 3.05) is 12.4 Å². The molecule has 1 rings (SSSR count). The van der Waals surface area contributed by atoms with Gasteiger partial charge in [-0.3, -0.25) is 0 Å². The third kappa shape index (κ3) is 4.94. The Morgan fingerprint density at radius 3 is 2.73 bits per heavy atom. The Balaban J connectivity index is 2.42. The molecule has 0 aliphatic rings. The Bertz CT molecular complexity index is 402. The molecule has 1 heterocycles. The molecule has 2 N–H and O–H groups in total. The first-order valence-corrected chi connectivity index (χ1v) is 7.20. The summed E-state index contributed by atoms with van der Waals surface area (Å²) in [5.41, 5.74) is 0. The Morgan fingerprint density at radius 1 is 1.47 bits per heavy atom. The molecular weight excluding hydrogens is 258 g/mol. The number of nitrogens with one attached hydrogen (secondary N) is 1. The number of rotatable bonds is 6. The number of thiophene rings is 1. The van der Waals surface area contributed by atoms with Crippen LogP contribution >= 0.6 is 22.9 Å². The van der Waals surface area contributed by atoms with Crippen LogP contribution in [0.1, 0.15) is 11.3 Å². The number of aliphatic hydroxyl groups is 1. The van der Waals surface area contributed by atoms with Crippen molar-refractivity contribution >= 4 is 33.0 Å². The van der Waals surface area contributed by atoms with Gasteiger partial charge < -0.3 is 5.11 Å². The molecule has 4 nitrogen and oxygen atoms in total. The highest BCUT2D eigenvalue weighted by Gasteiger charge is 2.09. The monoisotopic (exact) mass is 269 g/mol. The fourth-order valence-corrected chi connectivity index (χ4v) is 3.10. The molecule has 0 aliphatic carbocycles. The van der Waals surface area contributed by atoms with Crippen LogP contribution < -0.4 is 4.72 Å². The van der Waals surface area contributed by atoms with Crippen LogP contribution in [0.3, 0.4) is 0 Å². The van der Waals surface area contributed by atoms with Crippen molar-refractivity contribution in [1.29, 1.82) is 0 Å². The molecule has 15 heavy (non-hydrogen) atoms. The van der Waals surface area contributed by atoms with Gasteiger partial charge in [-0.1, -0.05) is 11.6 Å². The minimum Gasteiger partial charge on any atom is -0.396 e. The van der Waals surface area contributed by atoms with E-state index in [2.05, 4.69) is 4.72 Å². The molecule has 0 radical (unpaired) electrons. The van der Waals surface area contributed by atoms with E-state index in [1.807, 2.05) is 0 Å². The van der Waals surface area contributed by atoms with E-state index in [9.17, 15) is 8.42 Å². The second-order valence-electron chi connectivity index (χ2n) is 2.92. The predicted molar refractivity (Wildman–Crippen MR) is 61.7 cm³/mol. The van der Waals surface area contributed by atoms with Crippen molar-refractivity contribution in [2.45, 2.75) is 13.0 Å². The lowest BCUT2D eigenvalue weighted by molar-refractivity contribution is 0.295. The standard InChI is InChI=1S/C8H12ClNO3S2/c9-8-3-2-7(14-8)6-10-15(12,13)5-1-4-11/h2-3,10-11H,1,4-6H2. The second-order valence-corrected chi connectivity index (χ2v) is 6.65. The summed E-state index contributed by atoms with van der Waals surface area (Å²) in [6.45, 7) is 0.136. The summed E-state index contributed by atoms with van der Waals surface area (Å²) in [4.78, 5) is 0.868. The molecule has 7 heteroatoms. The summed E-state index contributed by atoms with van der Waals surface area (Å²) in [7, 11) is -3.28. The minimum atomic E-state index is -3.28. The highest BCUT2D eigenvalue weighted by molar-refractivity contribution is 7.89. The van der Waals surface area contributed by atoms with Gasteiger partial charge in [0.2, 0.25) is 10.0 Å². The van der Waals surface area contributed by atoms with E-state index in [1.54, 1.807) is 12.1 Å². The molecule has 0 unspecified atom stereocenters. The van der Waals surface area contributed by atoms with Crippen molar-refractivity contribution in [3.8, 4) is 0 Å². The fourth-order valence-electron chi connectivity index (χ4n) is 0.955. The van der Waals surface area contributed by atoms with E-state index in [0.29, 0.717) is 4.34 Å². The predicted octanol–water partition coefficient (Wildman–Crippen LogP) is 1.20. The van der Waals surface area contributed by atoms with Crippen LogP contribution in [0.5, 0.6) is 0 Å². The van der Waals surface area contributed by atoms with Crippen LogP contribution in [-0.4, -0.2) is 25.9 Å². The van der Waals surface area contributed by atoms with Gasteiger partial charge in [0.1, 0.15) is 0 Å². The third-order valence-corrected chi connectivity index (χ3v) is 4.31. The molecule has 0 fully saturated rings. The van der Waals surface area contributed by atoms with E-state index in [0.717, 1.165) is 4.88 Å². The van der Waals surface area contributed by atoms with Crippen LogP contribution in [0.15, 0.2) is 12.1 Å². The van der Waals surface area contributed by atoms with Gasteiger partial charge in [0.25, 0.3) is 0 Å². The first-order chi connectivity index (χ1) is 7.03. The topological polar surface area (TPSA) is 66.4 Å². The molecule has 0 amide bonds. The maximum atomic E-state index is 11.3. The Hall–Kier alpha value is -0.140. The summed E-state index contributed by atoms with van der Waals surface area (Å²) < 4.78 is 25.7. The number of hydrogen-bond acceptors (Lipinski definition) is 4. The molecule has 0 aromatic carbocycles. The molecular formula is C8H12ClNO3S2. The average molecular weight is 270 g/mol. The zero-order valence-corrected chi connectivity index (χ0v) is 10.3. The van der Waals surface area contributed by atoms with E-state index in [4.69, 9.17) is 16.7 Å². The van der Waals surface area contributed by atoms with E-state index >= 15 is 0 Å². The molecule has 0 saturated carbocycles. The zero-order valence-electron chi connectivity index (χ0n) is 7.94. The highest BCUT2D eigenvalue weighted by atomic mass is 35.5. The lowest BCUT2D eigenvalue weighted by atomic mass is 10.5. The summed E-state index contributed by atoms with van der Waals surface area (Å²) in [6.07, 6.45) is 0.251. The fraction of sp³-hybridized carbons (Fsp3) is 0.500. The summed E-state index contributed by atoms with van der Waals surface area (Å²) >= 11 is 7.04. The Kier molecular flexibility index (Phi) is 5.01. The van der Waals surface area contributed by atoms with Gasteiger partial charge in [-0.25, -0.2) is 13.1 Å². The largest absolute Gasteiger partial charge is 0.396 e. The van der Waals surface area contributed by atoms with Crippen molar-refractivity contribution in [3.05, 3.63) is 21.3 Å². The first-order valence-electron chi connectivity index (χ1n) is 4.36. The van der Waals surface area contributed by atoms with Gasteiger partial charge >= 0.3 is 0 Å². The quantitative estimate of drug-likeness (QED) is 0.816. The molecule has 0 saturated heterocycles. The maximum absolute atomic E-state index is 11.3. The van der Waals surface area contributed by atoms with E-state index in [1.165, 1.54) is 11.3 Å². The summed E-state index contributed by atoms with van der Waals surface area (Å²) in [5, 5.41) is 8.51. The number of aliphatic hydroxyl groups excluding tert-OH is 1. The molecule has 0 aliphatic heterocycles. The van der Waals surface area contributed by atoms with Gasteiger partial charge in [-0.2, -0.15) is 0 Å². The molecule has 1 aromatic heterocycles. The van der Waals surface area contributed by atoms with E-state index in [-0.39, 0.29) is 25.3 Å². The van der Waals surface area contributed by atoms with Crippen LogP contribution in [0.4, 0.5) is 0 Å². The molecule has 0 atom stereocenters. The van der Waals surface area contributed by atoms with Crippen molar-refractivity contribution in [1.82, 2.24) is 4.72 Å². The van der Waals surface area contributed by atoms with Crippen LogP contribution in [0.2, 0.25) is 4.34 Å². The summed E-state index contributed by atoms with van der Waals surface area (Å²) in [6, 6.07) is 3.51. The molecule has 86 valence electrons. The third-order valence-electron chi connectivity index (χ3n) is 1.67.